The molecule has 2 amide bonds. The van der Waals surface area contributed by atoms with Crippen LogP contribution in [-0.4, -0.2) is 52.0 Å². The van der Waals surface area contributed by atoms with Crippen LogP contribution in [0.4, 0.5) is 18.0 Å². The Bertz CT molecular complexity index is 942. The van der Waals surface area contributed by atoms with Gasteiger partial charge in [0.15, 0.2) is 0 Å². The summed E-state index contributed by atoms with van der Waals surface area (Å²) in [5, 5.41) is 0. The molecule has 2 aliphatic rings. The number of ether oxygens (including phenoxy) is 1. The smallest absolute Gasteiger partial charge is 0.433 e. The van der Waals surface area contributed by atoms with Crippen molar-refractivity contribution in [1.29, 1.82) is 0 Å². The van der Waals surface area contributed by atoms with Gasteiger partial charge >= 0.3 is 12.3 Å². The summed E-state index contributed by atoms with van der Waals surface area (Å²) in [4.78, 5) is 31.9. The average molecular weight is 433 g/mol. The molecule has 2 unspecified atom stereocenters. The van der Waals surface area contributed by atoms with Gasteiger partial charge in [0.1, 0.15) is 11.8 Å². The summed E-state index contributed by atoms with van der Waals surface area (Å²) < 4.78 is 43.6. The van der Waals surface area contributed by atoms with Crippen LogP contribution in [0, 0.1) is 0 Å². The molecule has 0 aliphatic carbocycles. The average Bonchev–Trinajstić information content (AvgIpc) is 3.07. The van der Waals surface area contributed by atoms with E-state index in [1.165, 1.54) is 0 Å². The van der Waals surface area contributed by atoms with E-state index >= 15 is 0 Å². The highest BCUT2D eigenvalue weighted by Gasteiger charge is 2.44. The number of nitrogens with zero attached hydrogens (tertiary/aromatic N) is 3. The van der Waals surface area contributed by atoms with Gasteiger partial charge in [-0.05, 0) is 37.5 Å². The lowest BCUT2D eigenvalue weighted by atomic mass is 9.98. The molecule has 164 valence electrons. The fourth-order valence-corrected chi connectivity index (χ4v) is 4.27. The first-order chi connectivity index (χ1) is 14.8. The largest absolute Gasteiger partial charge is 0.439 e. The monoisotopic (exact) mass is 433 g/mol. The molecule has 1 aromatic carbocycles. The molecule has 0 N–H and O–H groups in total. The molecule has 4 rings (SSSR count). The van der Waals surface area contributed by atoms with Gasteiger partial charge < -0.3 is 9.64 Å². The van der Waals surface area contributed by atoms with E-state index in [1.54, 1.807) is 9.80 Å². The predicted octanol–water partition coefficient (Wildman–Crippen LogP) is 4.29. The van der Waals surface area contributed by atoms with Gasteiger partial charge in [-0.15, -0.1) is 0 Å². The highest BCUT2D eigenvalue weighted by molar-refractivity contribution is 5.94. The number of hydrogen-bond donors (Lipinski definition) is 0. The van der Waals surface area contributed by atoms with Crippen LogP contribution < -0.4 is 0 Å². The maximum absolute atomic E-state index is 12.7. The van der Waals surface area contributed by atoms with Gasteiger partial charge in [0.05, 0.1) is 11.6 Å². The number of carbonyl (C=O) groups is 2. The number of cyclic esters (lactones) is 1. The summed E-state index contributed by atoms with van der Waals surface area (Å²) >= 11 is 0. The van der Waals surface area contributed by atoms with E-state index in [4.69, 9.17) is 4.74 Å². The third kappa shape index (κ3) is 4.22. The van der Waals surface area contributed by atoms with Gasteiger partial charge in [-0.25, -0.2) is 4.79 Å². The molecule has 0 radical (unpaired) electrons. The lowest BCUT2D eigenvalue weighted by molar-refractivity contribution is -0.141. The quantitative estimate of drug-likeness (QED) is 0.725. The Kier molecular flexibility index (Phi) is 5.60. The number of benzene rings is 1. The van der Waals surface area contributed by atoms with Gasteiger partial charge in [-0.2, -0.15) is 13.2 Å². The summed E-state index contributed by atoms with van der Waals surface area (Å²) in [7, 11) is 0. The molecule has 9 heteroatoms. The number of halogens is 3. The van der Waals surface area contributed by atoms with Gasteiger partial charge in [0.2, 0.25) is 0 Å². The van der Waals surface area contributed by atoms with Crippen molar-refractivity contribution < 1.29 is 27.5 Å². The van der Waals surface area contributed by atoms with Crippen LogP contribution in [0.3, 0.4) is 0 Å². The van der Waals surface area contributed by atoms with Gasteiger partial charge in [-0.3, -0.25) is 14.7 Å². The first kappa shape index (κ1) is 21.1. The molecule has 0 saturated carbocycles. The number of likely N-dealkylation sites (tertiary alicyclic amines) is 1. The Balaban J connectivity index is 1.38. The second-order valence-electron chi connectivity index (χ2n) is 7.82. The topological polar surface area (TPSA) is 62.7 Å². The van der Waals surface area contributed by atoms with Crippen LogP contribution in [0.25, 0.3) is 0 Å². The number of piperidine rings is 1. The molecule has 0 spiro atoms. The fourth-order valence-electron chi connectivity index (χ4n) is 4.27. The van der Waals surface area contributed by atoms with Crippen molar-refractivity contribution in [3.8, 4) is 0 Å². The Morgan fingerprint density at radius 3 is 2.35 bits per heavy atom. The standard InChI is InChI=1S/C22H22F3N3O3/c1-14-19(15-5-3-2-4-6-15)31-21(30)28(14)17-9-11-27(12-10-17)20(29)16-7-8-18(26-13-16)22(23,24)25/h2-8,13-14,17,19H,9-12H2,1H3. The molecule has 3 heterocycles. The summed E-state index contributed by atoms with van der Waals surface area (Å²) in [6, 6.07) is 11.3. The zero-order valence-corrected chi connectivity index (χ0v) is 16.9. The summed E-state index contributed by atoms with van der Waals surface area (Å²) in [6.45, 7) is 2.75. The van der Waals surface area contributed by atoms with Gasteiger partial charge in [0.25, 0.3) is 5.91 Å². The van der Waals surface area contributed by atoms with Crippen molar-refractivity contribution in [2.24, 2.45) is 0 Å². The van der Waals surface area contributed by atoms with Crippen molar-refractivity contribution in [3.05, 3.63) is 65.5 Å². The second-order valence-corrected chi connectivity index (χ2v) is 7.82. The van der Waals surface area contributed by atoms with Crippen LogP contribution in [0.5, 0.6) is 0 Å². The molecule has 2 aliphatic heterocycles. The maximum atomic E-state index is 12.7. The van der Waals surface area contributed by atoms with E-state index < -0.39 is 11.9 Å². The predicted molar refractivity (Wildman–Crippen MR) is 105 cm³/mol. The van der Waals surface area contributed by atoms with E-state index in [-0.39, 0.29) is 35.8 Å². The minimum atomic E-state index is -4.54. The molecule has 2 saturated heterocycles. The summed E-state index contributed by atoms with van der Waals surface area (Å²) in [5.41, 5.74) is 0.0232. The normalized spacial score (nSPS) is 22.5. The number of hydrogen-bond acceptors (Lipinski definition) is 4. The van der Waals surface area contributed by atoms with E-state index in [9.17, 15) is 22.8 Å². The van der Waals surface area contributed by atoms with Crippen LogP contribution in [0.15, 0.2) is 48.7 Å². The molecule has 6 nitrogen and oxygen atoms in total. The molecule has 0 bridgehead atoms. The molecule has 2 atom stereocenters. The third-order valence-corrected chi connectivity index (χ3v) is 5.89. The Labute approximate surface area is 177 Å². The molecule has 31 heavy (non-hydrogen) atoms. The maximum Gasteiger partial charge on any atom is 0.433 e. The first-order valence-electron chi connectivity index (χ1n) is 10.1. The number of aromatic nitrogens is 1. The number of carbonyl (C=O) groups excluding carboxylic acids is 2. The van der Waals surface area contributed by atoms with Crippen molar-refractivity contribution in [2.45, 2.75) is 44.1 Å². The minimum absolute atomic E-state index is 0.0639. The lowest BCUT2D eigenvalue weighted by Crippen LogP contribution is -2.49. The second kappa shape index (κ2) is 8.20. The number of alkyl halides is 3. The van der Waals surface area contributed by atoms with Crippen LogP contribution in [0.2, 0.25) is 0 Å². The third-order valence-electron chi connectivity index (χ3n) is 5.89. The van der Waals surface area contributed by atoms with Crippen molar-refractivity contribution in [3.63, 3.8) is 0 Å². The van der Waals surface area contributed by atoms with Crippen LogP contribution in [-0.2, 0) is 10.9 Å². The van der Waals surface area contributed by atoms with Gasteiger partial charge in [0, 0.05) is 25.3 Å². The first-order valence-corrected chi connectivity index (χ1v) is 10.1. The van der Waals surface area contributed by atoms with E-state index in [0.717, 1.165) is 23.9 Å². The molecule has 1 aromatic heterocycles. The Hall–Kier alpha value is -3.10. The van der Waals surface area contributed by atoms with Crippen molar-refractivity contribution >= 4 is 12.0 Å². The lowest BCUT2D eigenvalue weighted by Gasteiger charge is -2.37. The van der Waals surface area contributed by atoms with Crippen molar-refractivity contribution in [2.75, 3.05) is 13.1 Å². The summed E-state index contributed by atoms with van der Waals surface area (Å²) in [5.74, 6) is -0.362. The molecular formula is C22H22F3N3O3. The Morgan fingerprint density at radius 1 is 1.10 bits per heavy atom. The molecular weight excluding hydrogens is 411 g/mol. The van der Waals surface area contributed by atoms with Crippen LogP contribution in [0.1, 0.15) is 47.5 Å². The Morgan fingerprint density at radius 2 is 1.77 bits per heavy atom. The zero-order chi connectivity index (χ0) is 22.2. The zero-order valence-electron chi connectivity index (χ0n) is 16.9. The van der Waals surface area contributed by atoms with E-state index in [0.29, 0.717) is 25.9 Å². The number of pyridine rings is 1. The highest BCUT2D eigenvalue weighted by Crippen LogP contribution is 2.36. The SMILES string of the molecule is CC1C(c2ccccc2)OC(=O)N1C1CCN(C(=O)c2ccc(C(F)(F)F)nc2)CC1. The number of amides is 2. The minimum Gasteiger partial charge on any atom is -0.439 e. The van der Waals surface area contributed by atoms with Gasteiger partial charge in [-0.1, -0.05) is 30.3 Å². The molecule has 2 aromatic rings. The van der Waals surface area contributed by atoms with Crippen LogP contribution >= 0.6 is 0 Å². The van der Waals surface area contributed by atoms with Crippen molar-refractivity contribution in [1.82, 2.24) is 14.8 Å². The van der Waals surface area contributed by atoms with E-state index in [1.807, 2.05) is 37.3 Å². The van der Waals surface area contributed by atoms with E-state index in [2.05, 4.69) is 4.98 Å². The molecule has 2 fully saturated rings. The number of rotatable bonds is 3. The summed E-state index contributed by atoms with van der Waals surface area (Å²) in [6.07, 6.45) is -3.15. The highest BCUT2D eigenvalue weighted by atomic mass is 19.4. The fraction of sp³-hybridized carbons (Fsp3) is 0.409.